The fourth-order valence-electron chi connectivity index (χ4n) is 1.90. The van der Waals surface area contributed by atoms with E-state index in [1.54, 1.807) is 6.07 Å². The lowest BCUT2D eigenvalue weighted by atomic mass is 10.2. The monoisotopic (exact) mass is 384 g/mol. The number of sulfonamides is 1. The van der Waals surface area contributed by atoms with Crippen LogP contribution in [0, 0.1) is 11.3 Å². The van der Waals surface area contributed by atoms with Gasteiger partial charge in [-0.05, 0) is 30.1 Å². The first-order valence-electron chi connectivity index (χ1n) is 6.86. The summed E-state index contributed by atoms with van der Waals surface area (Å²) in [6.07, 6.45) is 1.39. The van der Waals surface area contributed by atoms with E-state index in [1.807, 2.05) is 17.7 Å². The average molecular weight is 385 g/mol. The Morgan fingerprint density at radius 3 is 2.75 bits per heavy atom. The van der Waals surface area contributed by atoms with E-state index >= 15 is 0 Å². The molecule has 0 bridgehead atoms. The number of aryl methyl sites for hydroxylation is 1. The van der Waals surface area contributed by atoms with E-state index in [0.29, 0.717) is 12.1 Å². The minimum absolute atomic E-state index is 0.00136. The Hall–Kier alpha value is -2.15. The number of carbonyl (C=O) groups excluding carboxylic acids is 1. The van der Waals surface area contributed by atoms with Gasteiger partial charge in [0.1, 0.15) is 21.5 Å². The fraction of sp³-hybridized carbons (Fsp3) is 0.214. The van der Waals surface area contributed by atoms with Gasteiger partial charge in [-0.15, -0.1) is 0 Å². The van der Waals surface area contributed by atoms with E-state index < -0.39 is 16.1 Å². The highest BCUT2D eigenvalue weighted by atomic mass is 35.5. The zero-order chi connectivity index (χ0) is 17.7. The van der Waals surface area contributed by atoms with E-state index in [2.05, 4.69) is 9.69 Å². The molecular weight excluding hydrogens is 372 g/mol. The van der Waals surface area contributed by atoms with Gasteiger partial charge in [0.2, 0.25) is 0 Å². The smallest absolute Gasteiger partial charge is 0.296 e. The summed E-state index contributed by atoms with van der Waals surface area (Å²) in [6, 6.07) is 6.74. The molecule has 0 unspecified atom stereocenters. The lowest BCUT2D eigenvalue weighted by Crippen LogP contribution is -2.34. The molecule has 0 spiro atoms. The van der Waals surface area contributed by atoms with Crippen LogP contribution in [0.15, 0.2) is 29.2 Å². The topological polar surface area (TPSA) is 112 Å². The van der Waals surface area contributed by atoms with Crippen molar-refractivity contribution in [2.24, 2.45) is 0 Å². The zero-order valence-corrected chi connectivity index (χ0v) is 14.9. The molecule has 0 atom stereocenters. The molecule has 24 heavy (non-hydrogen) atoms. The molecule has 126 valence electrons. The first-order valence-corrected chi connectivity index (χ1v) is 9.49. The number of amides is 2. The van der Waals surface area contributed by atoms with Crippen LogP contribution < -0.4 is 10.0 Å². The molecule has 7 nitrogen and oxygen atoms in total. The quantitative estimate of drug-likeness (QED) is 0.822. The van der Waals surface area contributed by atoms with Gasteiger partial charge in [-0.1, -0.05) is 37.1 Å². The molecular formula is C14H13ClN4O3S2. The number of aromatic nitrogens is 1. The molecule has 1 aromatic carbocycles. The summed E-state index contributed by atoms with van der Waals surface area (Å²) >= 11 is 6.76. The number of nitriles is 1. The van der Waals surface area contributed by atoms with Crippen molar-refractivity contribution in [1.29, 1.82) is 5.26 Å². The van der Waals surface area contributed by atoms with Crippen LogP contribution in [0.4, 0.5) is 9.80 Å². The number of nitrogens with one attached hydrogen (secondary N) is 2. The van der Waals surface area contributed by atoms with Gasteiger partial charge in [0, 0.05) is 0 Å². The van der Waals surface area contributed by atoms with Gasteiger partial charge in [-0.25, -0.2) is 17.9 Å². The zero-order valence-electron chi connectivity index (χ0n) is 12.5. The Bertz CT molecular complexity index is 903. The normalized spacial score (nSPS) is 10.9. The minimum atomic E-state index is -4.13. The van der Waals surface area contributed by atoms with Crippen molar-refractivity contribution in [3.63, 3.8) is 0 Å². The van der Waals surface area contributed by atoms with Crippen molar-refractivity contribution >= 4 is 44.2 Å². The van der Waals surface area contributed by atoms with Crippen LogP contribution in [0.25, 0.3) is 0 Å². The predicted molar refractivity (Wildman–Crippen MR) is 91.6 cm³/mol. The Balaban J connectivity index is 2.17. The van der Waals surface area contributed by atoms with E-state index in [9.17, 15) is 18.5 Å². The molecule has 0 fully saturated rings. The molecule has 10 heteroatoms. The summed E-state index contributed by atoms with van der Waals surface area (Å²) < 4.78 is 30.3. The number of nitrogens with zero attached hydrogens (tertiary/aromatic N) is 2. The maximum absolute atomic E-state index is 12.2. The molecule has 2 amide bonds. The molecule has 0 saturated heterocycles. The van der Waals surface area contributed by atoms with Crippen LogP contribution in [-0.2, 0) is 16.4 Å². The molecule has 2 N–H and O–H groups in total. The first kappa shape index (κ1) is 18.2. The van der Waals surface area contributed by atoms with E-state index in [1.165, 1.54) is 18.2 Å². The maximum atomic E-state index is 12.2. The summed E-state index contributed by atoms with van der Waals surface area (Å²) in [4.78, 5) is 11.8. The third kappa shape index (κ3) is 4.03. The van der Waals surface area contributed by atoms with E-state index in [0.717, 1.165) is 18.0 Å². The number of rotatable bonds is 5. The Morgan fingerprint density at radius 1 is 1.42 bits per heavy atom. The molecule has 1 aromatic heterocycles. The molecule has 2 aromatic rings. The van der Waals surface area contributed by atoms with Gasteiger partial charge in [0.25, 0.3) is 10.0 Å². The van der Waals surface area contributed by atoms with Crippen LogP contribution >= 0.6 is 23.1 Å². The van der Waals surface area contributed by atoms with Crippen LogP contribution in [-0.4, -0.2) is 18.8 Å². The summed E-state index contributed by atoms with van der Waals surface area (Å²) in [7, 11) is -4.13. The predicted octanol–water partition coefficient (Wildman–Crippen LogP) is 3.13. The molecule has 0 saturated carbocycles. The largest absolute Gasteiger partial charge is 0.333 e. The molecule has 0 aliphatic heterocycles. The molecule has 0 aliphatic rings. The Kier molecular flexibility index (Phi) is 5.77. The van der Waals surface area contributed by atoms with E-state index in [4.69, 9.17) is 11.6 Å². The van der Waals surface area contributed by atoms with E-state index in [-0.39, 0.29) is 20.5 Å². The highest BCUT2D eigenvalue weighted by Crippen LogP contribution is 2.25. The number of halogens is 1. The minimum Gasteiger partial charge on any atom is -0.296 e. The summed E-state index contributed by atoms with van der Waals surface area (Å²) in [5, 5.41) is 11.7. The van der Waals surface area contributed by atoms with Crippen molar-refractivity contribution in [1.82, 2.24) is 9.10 Å². The third-order valence-electron chi connectivity index (χ3n) is 2.94. The summed E-state index contributed by atoms with van der Waals surface area (Å²) in [5.41, 5.74) is 0.821. The average Bonchev–Trinajstić information content (AvgIpc) is 2.88. The SMILES string of the molecule is CCCc1nsc(NC(=O)NS(=O)(=O)c2ccccc2Cl)c1C#N. The van der Waals surface area contributed by atoms with Crippen LogP contribution in [0.3, 0.4) is 0 Å². The second-order valence-electron chi connectivity index (χ2n) is 4.69. The van der Waals surface area contributed by atoms with Crippen LogP contribution in [0.5, 0.6) is 0 Å². The molecule has 0 aliphatic carbocycles. The number of benzene rings is 1. The van der Waals surface area contributed by atoms with Gasteiger partial charge >= 0.3 is 6.03 Å². The second kappa shape index (κ2) is 7.61. The van der Waals surface area contributed by atoms with Crippen molar-refractivity contribution in [3.8, 4) is 6.07 Å². The van der Waals surface area contributed by atoms with Crippen molar-refractivity contribution in [3.05, 3.63) is 40.5 Å². The van der Waals surface area contributed by atoms with Crippen molar-refractivity contribution < 1.29 is 13.2 Å². The number of hydrogen-bond acceptors (Lipinski definition) is 6. The van der Waals surface area contributed by atoms with Crippen molar-refractivity contribution in [2.45, 2.75) is 24.7 Å². The maximum Gasteiger partial charge on any atom is 0.333 e. The number of carbonyl (C=O) groups is 1. The standard InChI is InChI=1S/C14H13ClN4O3S2/c1-2-5-11-9(8-16)13(23-18-11)17-14(20)19-24(21,22)12-7-4-3-6-10(12)15/h3-4,6-7H,2,5H2,1H3,(H2,17,19,20). The fourth-order valence-corrected chi connectivity index (χ4v) is 4.10. The van der Waals surface area contributed by atoms with Crippen LogP contribution in [0.1, 0.15) is 24.6 Å². The summed E-state index contributed by atoms with van der Waals surface area (Å²) in [5.74, 6) is 0. The number of hydrogen-bond donors (Lipinski definition) is 2. The van der Waals surface area contributed by atoms with Gasteiger partial charge in [0.05, 0.1) is 10.7 Å². The lowest BCUT2D eigenvalue weighted by Gasteiger charge is -2.08. The Morgan fingerprint density at radius 2 is 2.12 bits per heavy atom. The lowest BCUT2D eigenvalue weighted by molar-refractivity contribution is 0.256. The number of urea groups is 1. The van der Waals surface area contributed by atoms with Crippen LogP contribution in [0.2, 0.25) is 5.02 Å². The molecule has 1 heterocycles. The third-order valence-corrected chi connectivity index (χ3v) is 5.57. The van der Waals surface area contributed by atoms with Crippen molar-refractivity contribution in [2.75, 3.05) is 5.32 Å². The first-order chi connectivity index (χ1) is 11.4. The Labute approximate surface area is 148 Å². The van der Waals surface area contributed by atoms with Gasteiger partial charge in [-0.2, -0.15) is 9.64 Å². The highest BCUT2D eigenvalue weighted by Gasteiger charge is 2.22. The van der Waals surface area contributed by atoms with Gasteiger partial charge < -0.3 is 0 Å². The molecule has 2 rings (SSSR count). The second-order valence-corrected chi connectivity index (χ2v) is 7.52. The molecule has 0 radical (unpaired) electrons. The highest BCUT2D eigenvalue weighted by molar-refractivity contribution is 7.90. The summed E-state index contributed by atoms with van der Waals surface area (Å²) in [6.45, 7) is 1.94. The van der Waals surface area contributed by atoms with Gasteiger partial charge in [-0.3, -0.25) is 5.32 Å². The van der Waals surface area contributed by atoms with Gasteiger partial charge in [0.15, 0.2) is 0 Å². The number of anilines is 1.